The topological polar surface area (TPSA) is 102 Å². The number of halogens is 1. The normalized spacial score (nSPS) is 11.1. The average molecular weight is 460 g/mol. The van der Waals surface area contributed by atoms with E-state index in [1.165, 1.54) is 24.0 Å². The molecule has 0 aliphatic heterocycles. The number of carbonyl (C=O) groups excluding carboxylic acids is 1. The minimum absolute atomic E-state index is 0.0532. The van der Waals surface area contributed by atoms with Gasteiger partial charge < -0.3 is 14.4 Å². The molecule has 10 heteroatoms. The van der Waals surface area contributed by atoms with Gasteiger partial charge in [0.05, 0.1) is 18.6 Å². The number of benzene rings is 2. The molecule has 0 aliphatic carbocycles. The van der Waals surface area contributed by atoms with Crippen molar-refractivity contribution in [2.45, 2.75) is 25.5 Å². The molecule has 2 aromatic carbocycles. The van der Waals surface area contributed by atoms with Gasteiger partial charge in [0.25, 0.3) is 5.91 Å². The monoisotopic (exact) mass is 459 g/mol. The maximum atomic E-state index is 12.2. The second-order valence-electron chi connectivity index (χ2n) is 6.30. The van der Waals surface area contributed by atoms with Crippen LogP contribution in [-0.4, -0.2) is 44.4 Å². The summed E-state index contributed by atoms with van der Waals surface area (Å²) in [4.78, 5) is 12.2. The fourth-order valence-electron chi connectivity index (χ4n) is 2.72. The van der Waals surface area contributed by atoms with E-state index in [-0.39, 0.29) is 17.4 Å². The highest BCUT2D eigenvalue weighted by atomic mass is 35.5. The molecule has 0 radical (unpaired) electrons. The highest BCUT2D eigenvalue weighted by Crippen LogP contribution is 2.26. The number of amides is 1. The summed E-state index contributed by atoms with van der Waals surface area (Å²) in [5, 5.41) is 23.4. The Bertz CT molecular complexity index is 1070. The zero-order valence-corrected chi connectivity index (χ0v) is 18.7. The van der Waals surface area contributed by atoms with Crippen molar-refractivity contribution in [3.63, 3.8) is 0 Å². The van der Waals surface area contributed by atoms with Gasteiger partial charge in [0.1, 0.15) is 0 Å². The number of aromatic hydroxyl groups is 1. The van der Waals surface area contributed by atoms with Crippen LogP contribution in [0.2, 0.25) is 5.02 Å². The lowest BCUT2D eigenvalue weighted by atomic mass is 10.2. The van der Waals surface area contributed by atoms with E-state index in [9.17, 15) is 9.90 Å². The van der Waals surface area contributed by atoms with Gasteiger partial charge in [-0.15, -0.1) is 10.2 Å². The first-order chi connectivity index (χ1) is 15.0. The van der Waals surface area contributed by atoms with Gasteiger partial charge in [-0.3, -0.25) is 4.79 Å². The van der Waals surface area contributed by atoms with E-state index in [1.807, 2.05) is 30.5 Å². The molecule has 1 amide bonds. The molecule has 3 aromatic rings. The Morgan fingerprint density at radius 1 is 1.26 bits per heavy atom. The summed E-state index contributed by atoms with van der Waals surface area (Å²) in [6.45, 7) is 4.92. The lowest BCUT2D eigenvalue weighted by Crippen LogP contribution is -2.20. The minimum atomic E-state index is -0.274. The van der Waals surface area contributed by atoms with E-state index in [2.05, 4.69) is 20.7 Å². The molecule has 8 nitrogen and oxygen atoms in total. The number of aromatic nitrogens is 3. The summed E-state index contributed by atoms with van der Waals surface area (Å²) in [6.07, 6.45) is 1.48. The maximum Gasteiger partial charge on any atom is 0.250 e. The van der Waals surface area contributed by atoms with Crippen molar-refractivity contribution in [1.82, 2.24) is 20.2 Å². The second-order valence-corrected chi connectivity index (χ2v) is 7.68. The van der Waals surface area contributed by atoms with Crippen LogP contribution in [0.1, 0.15) is 19.4 Å². The van der Waals surface area contributed by atoms with Crippen LogP contribution in [0.5, 0.6) is 11.5 Å². The van der Waals surface area contributed by atoms with Crippen molar-refractivity contribution in [2.75, 3.05) is 12.4 Å². The summed E-state index contributed by atoms with van der Waals surface area (Å²) < 4.78 is 7.27. The van der Waals surface area contributed by atoms with E-state index in [0.29, 0.717) is 34.6 Å². The van der Waals surface area contributed by atoms with Crippen LogP contribution < -0.4 is 10.2 Å². The van der Waals surface area contributed by atoms with E-state index in [1.54, 1.807) is 24.3 Å². The molecule has 3 rings (SSSR count). The largest absolute Gasteiger partial charge is 0.504 e. The molecule has 0 saturated carbocycles. The summed E-state index contributed by atoms with van der Waals surface area (Å²) >= 11 is 7.23. The number of rotatable bonds is 9. The lowest BCUT2D eigenvalue weighted by molar-refractivity contribution is -0.118. The summed E-state index contributed by atoms with van der Waals surface area (Å²) in [5.41, 5.74) is 4.07. The van der Waals surface area contributed by atoms with Crippen LogP contribution in [0.15, 0.2) is 52.7 Å². The summed E-state index contributed by atoms with van der Waals surface area (Å²) in [5.74, 6) is 0.998. The number of hydrogen-bond acceptors (Lipinski definition) is 7. The van der Waals surface area contributed by atoms with Gasteiger partial charge in [0.2, 0.25) is 0 Å². The standard InChI is InChI=1S/C21H22ClN5O3S/c1-3-27-20(15-6-8-16(22)9-7-15)25-26-21(27)31-13-19(29)24-23-12-14-5-10-17(28)18(11-14)30-4-2/h5-12,28H,3-4,13H2,1-2H3,(H,24,29)/b23-12+. The molecule has 0 spiro atoms. The van der Waals surface area contributed by atoms with E-state index >= 15 is 0 Å². The Hall–Kier alpha value is -3.04. The molecule has 162 valence electrons. The molecule has 0 unspecified atom stereocenters. The maximum absolute atomic E-state index is 12.2. The first kappa shape index (κ1) is 22.6. The van der Waals surface area contributed by atoms with Crippen molar-refractivity contribution in [2.24, 2.45) is 5.10 Å². The zero-order valence-electron chi connectivity index (χ0n) is 17.1. The molecule has 0 aliphatic rings. The summed E-state index contributed by atoms with van der Waals surface area (Å²) in [7, 11) is 0. The molecule has 1 aromatic heterocycles. The van der Waals surface area contributed by atoms with E-state index in [0.717, 1.165) is 11.4 Å². The predicted molar refractivity (Wildman–Crippen MR) is 122 cm³/mol. The SMILES string of the molecule is CCOc1cc(/C=N/NC(=O)CSc2nnc(-c3ccc(Cl)cc3)n2CC)ccc1O. The number of hydrogen-bond donors (Lipinski definition) is 2. The first-order valence-electron chi connectivity index (χ1n) is 9.61. The predicted octanol–water partition coefficient (Wildman–Crippen LogP) is 3.97. The third-order valence-electron chi connectivity index (χ3n) is 4.15. The molecule has 31 heavy (non-hydrogen) atoms. The van der Waals surface area contributed by atoms with Crippen molar-refractivity contribution in [3.05, 3.63) is 53.1 Å². The average Bonchev–Trinajstić information content (AvgIpc) is 3.18. The number of nitrogens with one attached hydrogen (secondary N) is 1. The van der Waals surface area contributed by atoms with Gasteiger partial charge in [-0.25, -0.2) is 5.43 Å². The molecule has 0 atom stereocenters. The highest BCUT2D eigenvalue weighted by Gasteiger charge is 2.14. The third kappa shape index (κ3) is 5.99. The Morgan fingerprint density at radius 3 is 2.74 bits per heavy atom. The first-order valence-corrected chi connectivity index (χ1v) is 11.0. The van der Waals surface area contributed by atoms with Crippen LogP contribution >= 0.6 is 23.4 Å². The number of phenolic OH excluding ortho intramolecular Hbond substituents is 1. The van der Waals surface area contributed by atoms with Crippen LogP contribution in [0.4, 0.5) is 0 Å². The molecule has 0 bridgehead atoms. The smallest absolute Gasteiger partial charge is 0.250 e. The van der Waals surface area contributed by atoms with Gasteiger partial charge in [-0.2, -0.15) is 5.10 Å². The van der Waals surface area contributed by atoms with Crippen LogP contribution in [0.3, 0.4) is 0 Å². The van der Waals surface area contributed by atoms with Crippen molar-refractivity contribution in [1.29, 1.82) is 0 Å². The quantitative estimate of drug-likeness (QED) is 0.285. The van der Waals surface area contributed by atoms with E-state index in [4.69, 9.17) is 16.3 Å². The lowest BCUT2D eigenvalue weighted by Gasteiger charge is -2.07. The van der Waals surface area contributed by atoms with Gasteiger partial charge in [0.15, 0.2) is 22.5 Å². The van der Waals surface area contributed by atoms with Crippen molar-refractivity contribution < 1.29 is 14.6 Å². The van der Waals surface area contributed by atoms with Gasteiger partial charge in [-0.05, 0) is 61.9 Å². The Balaban J connectivity index is 1.58. The van der Waals surface area contributed by atoms with Crippen molar-refractivity contribution >= 4 is 35.5 Å². The van der Waals surface area contributed by atoms with Crippen LogP contribution in [-0.2, 0) is 11.3 Å². The third-order valence-corrected chi connectivity index (χ3v) is 5.37. The molecular formula is C21H22ClN5O3S. The molecule has 0 saturated heterocycles. The molecule has 2 N–H and O–H groups in total. The Kier molecular flexibility index (Phi) is 7.91. The molecule has 1 heterocycles. The summed E-state index contributed by atoms with van der Waals surface area (Å²) in [6, 6.07) is 12.2. The van der Waals surface area contributed by atoms with Crippen molar-refractivity contribution in [3.8, 4) is 22.9 Å². The number of nitrogens with zero attached hydrogens (tertiary/aromatic N) is 4. The number of hydrazone groups is 1. The highest BCUT2D eigenvalue weighted by molar-refractivity contribution is 7.99. The Morgan fingerprint density at radius 2 is 2.03 bits per heavy atom. The van der Waals surface area contributed by atoms with Gasteiger partial charge in [0, 0.05) is 17.1 Å². The number of ether oxygens (including phenoxy) is 1. The fraction of sp³-hybridized carbons (Fsp3) is 0.238. The molecule has 0 fully saturated rings. The van der Waals surface area contributed by atoms with Gasteiger partial charge in [-0.1, -0.05) is 23.4 Å². The minimum Gasteiger partial charge on any atom is -0.504 e. The van der Waals surface area contributed by atoms with E-state index < -0.39 is 0 Å². The molecular weight excluding hydrogens is 438 g/mol. The number of carbonyl (C=O) groups is 1. The zero-order chi connectivity index (χ0) is 22.2. The van der Waals surface area contributed by atoms with Crippen LogP contribution in [0.25, 0.3) is 11.4 Å². The van der Waals surface area contributed by atoms with Gasteiger partial charge >= 0.3 is 0 Å². The number of thioether (sulfide) groups is 1. The second kappa shape index (κ2) is 10.8. The number of phenols is 1. The van der Waals surface area contributed by atoms with Crippen LogP contribution in [0, 0.1) is 0 Å². The Labute approximate surface area is 189 Å². The fourth-order valence-corrected chi connectivity index (χ4v) is 3.64.